The molecule has 1 heterocycles. The Balaban J connectivity index is 2.23. The van der Waals surface area contributed by atoms with E-state index in [-0.39, 0.29) is 11.4 Å². The van der Waals surface area contributed by atoms with Crippen LogP contribution in [0.5, 0.6) is 0 Å². The number of nitrogens with zero attached hydrogens (tertiary/aromatic N) is 3. The zero-order valence-corrected chi connectivity index (χ0v) is 12.4. The second-order valence-corrected chi connectivity index (χ2v) is 6.59. The summed E-state index contributed by atoms with van der Waals surface area (Å²) in [6, 6.07) is 2.52. The maximum Gasteiger partial charge on any atom is 0.243 e. The topological polar surface area (TPSA) is 55.2 Å². The second kappa shape index (κ2) is 5.90. The van der Waals surface area contributed by atoms with E-state index in [9.17, 15) is 17.2 Å². The second-order valence-electron chi connectivity index (χ2n) is 4.54. The van der Waals surface area contributed by atoms with Crippen LogP contribution in [0.1, 0.15) is 12.5 Å². The third-order valence-corrected chi connectivity index (χ3v) is 4.81. The summed E-state index contributed by atoms with van der Waals surface area (Å²) in [5.41, 5.74) is 0.713. The van der Waals surface area contributed by atoms with Crippen LogP contribution in [0.15, 0.2) is 35.5 Å². The molecule has 0 aliphatic carbocycles. The van der Waals surface area contributed by atoms with Crippen molar-refractivity contribution in [3.63, 3.8) is 0 Å². The fourth-order valence-corrected chi connectivity index (χ4v) is 2.99. The molecule has 2 rings (SSSR count). The molecule has 0 spiro atoms. The minimum atomic E-state index is -3.88. The number of sulfonamides is 1. The van der Waals surface area contributed by atoms with Crippen molar-refractivity contribution >= 4 is 10.0 Å². The predicted molar refractivity (Wildman–Crippen MR) is 72.9 cm³/mol. The van der Waals surface area contributed by atoms with E-state index in [1.807, 2.05) is 6.92 Å². The average molecular weight is 315 g/mol. The molecule has 0 radical (unpaired) electrons. The molecule has 0 amide bonds. The van der Waals surface area contributed by atoms with Crippen molar-refractivity contribution in [3.05, 3.63) is 47.8 Å². The molecule has 114 valence electrons. The molecule has 0 fully saturated rings. The number of hydrogen-bond donors (Lipinski definition) is 0. The first-order valence-electron chi connectivity index (χ1n) is 6.27. The Morgan fingerprint density at radius 1 is 1.29 bits per heavy atom. The molecule has 2 aromatic rings. The standard InChI is InChI=1S/C13H15F2N3O2S/c1-3-18-9-10(7-16-18)8-17(2)21(19,20)11-4-5-12(14)13(15)6-11/h4-7,9H,3,8H2,1-2H3. The molecule has 21 heavy (non-hydrogen) atoms. The van der Waals surface area contributed by atoms with Gasteiger partial charge in [0.05, 0.1) is 11.1 Å². The Bertz CT molecular complexity index is 744. The summed E-state index contributed by atoms with van der Waals surface area (Å²) in [7, 11) is -2.51. The number of rotatable bonds is 5. The van der Waals surface area contributed by atoms with Crippen LogP contribution in [0.2, 0.25) is 0 Å². The van der Waals surface area contributed by atoms with Crippen LogP contribution in [-0.4, -0.2) is 29.6 Å². The van der Waals surface area contributed by atoms with Gasteiger partial charge in [0, 0.05) is 31.9 Å². The molecule has 0 aliphatic heterocycles. The molecule has 0 aliphatic rings. The van der Waals surface area contributed by atoms with Gasteiger partial charge >= 0.3 is 0 Å². The van der Waals surface area contributed by atoms with Crippen molar-refractivity contribution in [1.82, 2.24) is 14.1 Å². The van der Waals surface area contributed by atoms with Crippen LogP contribution >= 0.6 is 0 Å². The van der Waals surface area contributed by atoms with E-state index in [4.69, 9.17) is 0 Å². The highest BCUT2D eigenvalue weighted by molar-refractivity contribution is 7.89. The molecule has 0 saturated carbocycles. The first kappa shape index (κ1) is 15.6. The highest BCUT2D eigenvalue weighted by Gasteiger charge is 2.22. The summed E-state index contributed by atoms with van der Waals surface area (Å²) in [4.78, 5) is -0.285. The fourth-order valence-electron chi connectivity index (χ4n) is 1.82. The van der Waals surface area contributed by atoms with E-state index >= 15 is 0 Å². The number of benzene rings is 1. The smallest absolute Gasteiger partial charge is 0.243 e. The molecule has 8 heteroatoms. The highest BCUT2D eigenvalue weighted by Crippen LogP contribution is 2.19. The van der Waals surface area contributed by atoms with Gasteiger partial charge in [-0.05, 0) is 25.1 Å². The van der Waals surface area contributed by atoms with Crippen molar-refractivity contribution in [3.8, 4) is 0 Å². The Labute approximate surface area is 121 Å². The summed E-state index contributed by atoms with van der Waals surface area (Å²) in [6.45, 7) is 2.69. The van der Waals surface area contributed by atoms with E-state index in [2.05, 4.69) is 5.10 Å². The van der Waals surface area contributed by atoms with Gasteiger partial charge in [-0.3, -0.25) is 4.68 Å². The number of hydrogen-bond acceptors (Lipinski definition) is 3. The Kier molecular flexibility index (Phi) is 4.38. The van der Waals surface area contributed by atoms with Gasteiger partial charge in [-0.1, -0.05) is 0 Å². The van der Waals surface area contributed by atoms with Crippen LogP contribution in [0.4, 0.5) is 8.78 Å². The lowest BCUT2D eigenvalue weighted by molar-refractivity contribution is 0.463. The normalized spacial score (nSPS) is 12.0. The molecule has 0 N–H and O–H groups in total. The van der Waals surface area contributed by atoms with Crippen molar-refractivity contribution in [2.45, 2.75) is 24.9 Å². The molecule has 5 nitrogen and oxygen atoms in total. The van der Waals surface area contributed by atoms with E-state index in [0.717, 1.165) is 16.4 Å². The van der Waals surface area contributed by atoms with Gasteiger partial charge in [-0.15, -0.1) is 0 Å². The summed E-state index contributed by atoms with van der Waals surface area (Å²) < 4.78 is 53.4. The molecular formula is C13H15F2N3O2S. The predicted octanol–water partition coefficient (Wildman–Crippen LogP) is 2.00. The summed E-state index contributed by atoms with van der Waals surface area (Å²) in [6.07, 6.45) is 3.30. The van der Waals surface area contributed by atoms with Crippen LogP contribution < -0.4 is 0 Å². The Morgan fingerprint density at radius 3 is 2.57 bits per heavy atom. The molecule has 1 aromatic heterocycles. The maximum absolute atomic E-state index is 13.2. The van der Waals surface area contributed by atoms with Crippen molar-refractivity contribution in [1.29, 1.82) is 0 Å². The lowest BCUT2D eigenvalue weighted by atomic mass is 10.3. The first-order valence-corrected chi connectivity index (χ1v) is 7.71. The number of halogens is 2. The average Bonchev–Trinajstić information content (AvgIpc) is 2.89. The highest BCUT2D eigenvalue weighted by atomic mass is 32.2. The number of aryl methyl sites for hydroxylation is 1. The van der Waals surface area contributed by atoms with Crippen LogP contribution in [-0.2, 0) is 23.1 Å². The minimum absolute atomic E-state index is 0.0985. The third-order valence-electron chi connectivity index (χ3n) is 3.02. The van der Waals surface area contributed by atoms with E-state index in [1.54, 1.807) is 17.1 Å². The van der Waals surface area contributed by atoms with E-state index in [0.29, 0.717) is 18.2 Å². The van der Waals surface area contributed by atoms with Crippen LogP contribution in [0.25, 0.3) is 0 Å². The lowest BCUT2D eigenvalue weighted by Crippen LogP contribution is -2.26. The Morgan fingerprint density at radius 2 is 2.00 bits per heavy atom. The summed E-state index contributed by atoms with van der Waals surface area (Å²) >= 11 is 0. The SMILES string of the molecule is CCn1cc(CN(C)S(=O)(=O)c2ccc(F)c(F)c2)cn1. The van der Waals surface area contributed by atoms with E-state index in [1.165, 1.54) is 7.05 Å². The first-order chi connectivity index (χ1) is 9.84. The van der Waals surface area contributed by atoms with Crippen molar-refractivity contribution in [2.24, 2.45) is 0 Å². The quantitative estimate of drug-likeness (QED) is 0.848. The Hall–Kier alpha value is -1.80. The molecule has 0 unspecified atom stereocenters. The largest absolute Gasteiger partial charge is 0.273 e. The molecule has 0 saturated heterocycles. The van der Waals surface area contributed by atoms with Gasteiger partial charge in [0.2, 0.25) is 10.0 Å². The van der Waals surface area contributed by atoms with Gasteiger partial charge in [-0.25, -0.2) is 17.2 Å². The monoisotopic (exact) mass is 315 g/mol. The zero-order valence-electron chi connectivity index (χ0n) is 11.6. The zero-order chi connectivity index (χ0) is 15.6. The van der Waals surface area contributed by atoms with Gasteiger partial charge in [-0.2, -0.15) is 9.40 Å². The third kappa shape index (κ3) is 3.27. The molecular weight excluding hydrogens is 300 g/mol. The summed E-state index contributed by atoms with van der Waals surface area (Å²) in [5.74, 6) is -2.27. The van der Waals surface area contributed by atoms with Gasteiger partial charge in [0.15, 0.2) is 11.6 Å². The van der Waals surface area contributed by atoms with Crippen molar-refractivity contribution in [2.75, 3.05) is 7.05 Å². The van der Waals surface area contributed by atoms with Gasteiger partial charge in [0.1, 0.15) is 0 Å². The van der Waals surface area contributed by atoms with E-state index < -0.39 is 21.7 Å². The summed E-state index contributed by atoms with van der Waals surface area (Å²) in [5, 5.41) is 4.05. The van der Waals surface area contributed by atoms with Gasteiger partial charge in [0.25, 0.3) is 0 Å². The van der Waals surface area contributed by atoms with Crippen LogP contribution in [0, 0.1) is 11.6 Å². The van der Waals surface area contributed by atoms with Gasteiger partial charge < -0.3 is 0 Å². The molecule has 0 atom stereocenters. The fraction of sp³-hybridized carbons (Fsp3) is 0.308. The minimum Gasteiger partial charge on any atom is -0.273 e. The van der Waals surface area contributed by atoms with Crippen molar-refractivity contribution < 1.29 is 17.2 Å². The lowest BCUT2D eigenvalue weighted by Gasteiger charge is -2.16. The molecule has 0 bridgehead atoms. The van der Waals surface area contributed by atoms with Crippen LogP contribution in [0.3, 0.4) is 0 Å². The number of aromatic nitrogens is 2. The maximum atomic E-state index is 13.2. The molecule has 1 aromatic carbocycles.